The maximum Gasteiger partial charge on any atom is 0.335 e. The van der Waals surface area contributed by atoms with Gasteiger partial charge in [0.1, 0.15) is 11.6 Å². The molecule has 0 aliphatic heterocycles. The van der Waals surface area contributed by atoms with Crippen LogP contribution in [-0.2, 0) is 4.79 Å². The summed E-state index contributed by atoms with van der Waals surface area (Å²) in [5.74, 6) is -1.73. The van der Waals surface area contributed by atoms with Crippen molar-refractivity contribution in [3.63, 3.8) is 0 Å². The number of benzene rings is 1. The number of nitriles is 1. The van der Waals surface area contributed by atoms with Crippen molar-refractivity contribution in [1.29, 1.82) is 5.26 Å². The summed E-state index contributed by atoms with van der Waals surface area (Å²) in [5, 5.41) is 38.5. The molecule has 1 aromatic rings. The van der Waals surface area contributed by atoms with Crippen LogP contribution in [0, 0.1) is 11.3 Å². The number of carboxylic acid groups (broad SMARTS) is 1. The Morgan fingerprint density at radius 3 is 2.43 bits per heavy atom. The molecule has 8 nitrogen and oxygen atoms in total. The van der Waals surface area contributed by atoms with E-state index in [4.69, 9.17) is 20.6 Å². The number of anilines is 1. The highest BCUT2D eigenvalue weighted by molar-refractivity contribution is 5.97. The standard InChI is InChI=1S/C15H17N3O5/c16-9-12(14(21)18(4-6-19)5-7-20)10-17-13-3-1-2-11(8-13)15(22)23/h1-3,8,10,17,19-20H,4-7H2,(H,22,23)/b12-10-. The SMILES string of the molecule is N#C/C(=C/Nc1cccc(C(=O)O)c1)C(=O)N(CCO)CCO. The molecule has 122 valence electrons. The number of carbonyl (C=O) groups excluding carboxylic acids is 1. The van der Waals surface area contributed by atoms with Gasteiger partial charge in [-0.3, -0.25) is 4.79 Å². The smallest absolute Gasteiger partial charge is 0.335 e. The number of amides is 1. The van der Waals surface area contributed by atoms with E-state index in [9.17, 15) is 9.59 Å². The lowest BCUT2D eigenvalue weighted by Crippen LogP contribution is -2.36. The maximum atomic E-state index is 12.1. The first-order valence-corrected chi connectivity index (χ1v) is 6.74. The molecule has 0 heterocycles. The monoisotopic (exact) mass is 319 g/mol. The van der Waals surface area contributed by atoms with E-state index >= 15 is 0 Å². The first kappa shape index (κ1) is 18.2. The van der Waals surface area contributed by atoms with Gasteiger partial charge >= 0.3 is 5.97 Å². The Morgan fingerprint density at radius 2 is 1.91 bits per heavy atom. The number of hydrogen-bond acceptors (Lipinski definition) is 6. The summed E-state index contributed by atoms with van der Waals surface area (Å²) in [6, 6.07) is 7.62. The van der Waals surface area contributed by atoms with Crippen LogP contribution >= 0.6 is 0 Å². The first-order valence-electron chi connectivity index (χ1n) is 6.74. The molecule has 23 heavy (non-hydrogen) atoms. The summed E-state index contributed by atoms with van der Waals surface area (Å²) >= 11 is 0. The predicted molar refractivity (Wildman–Crippen MR) is 81.5 cm³/mol. The molecule has 0 saturated carbocycles. The Labute approximate surface area is 132 Å². The maximum absolute atomic E-state index is 12.1. The highest BCUT2D eigenvalue weighted by atomic mass is 16.4. The lowest BCUT2D eigenvalue weighted by molar-refractivity contribution is -0.127. The molecular weight excluding hydrogens is 302 g/mol. The third-order valence-corrected chi connectivity index (χ3v) is 2.87. The molecule has 0 atom stereocenters. The molecule has 0 spiro atoms. The number of nitrogens with zero attached hydrogens (tertiary/aromatic N) is 2. The van der Waals surface area contributed by atoms with Crippen molar-refractivity contribution in [2.75, 3.05) is 31.6 Å². The number of carbonyl (C=O) groups is 2. The van der Waals surface area contributed by atoms with E-state index in [-0.39, 0.29) is 37.4 Å². The molecular formula is C15H17N3O5. The second kappa shape index (κ2) is 9.19. The normalized spacial score (nSPS) is 10.7. The van der Waals surface area contributed by atoms with Crippen molar-refractivity contribution in [3.05, 3.63) is 41.6 Å². The minimum atomic E-state index is -1.09. The average Bonchev–Trinajstić information content (AvgIpc) is 2.55. The Kier molecular flexibility index (Phi) is 7.26. The van der Waals surface area contributed by atoms with Crippen LogP contribution in [0.1, 0.15) is 10.4 Å². The highest BCUT2D eigenvalue weighted by Crippen LogP contribution is 2.11. The molecule has 1 rings (SSSR count). The van der Waals surface area contributed by atoms with Gasteiger partial charge in [-0.1, -0.05) is 6.07 Å². The van der Waals surface area contributed by atoms with Gasteiger partial charge in [0.25, 0.3) is 5.91 Å². The van der Waals surface area contributed by atoms with Crippen LogP contribution in [-0.4, -0.2) is 58.4 Å². The molecule has 0 aliphatic rings. The van der Waals surface area contributed by atoms with E-state index in [0.29, 0.717) is 5.69 Å². The average molecular weight is 319 g/mol. The van der Waals surface area contributed by atoms with Crippen LogP contribution in [0.25, 0.3) is 0 Å². The van der Waals surface area contributed by atoms with Crippen molar-refractivity contribution in [2.45, 2.75) is 0 Å². The van der Waals surface area contributed by atoms with Gasteiger partial charge in [0.15, 0.2) is 0 Å². The highest BCUT2D eigenvalue weighted by Gasteiger charge is 2.17. The third kappa shape index (κ3) is 5.43. The topological polar surface area (TPSA) is 134 Å². The molecule has 0 unspecified atom stereocenters. The van der Waals surface area contributed by atoms with Gasteiger partial charge < -0.3 is 25.5 Å². The zero-order chi connectivity index (χ0) is 17.2. The molecule has 0 aliphatic carbocycles. The van der Waals surface area contributed by atoms with Gasteiger partial charge in [-0.05, 0) is 18.2 Å². The Hall–Kier alpha value is -2.89. The quantitative estimate of drug-likeness (QED) is 0.392. The van der Waals surface area contributed by atoms with Gasteiger partial charge in [0.2, 0.25) is 0 Å². The van der Waals surface area contributed by atoms with Gasteiger partial charge in [0.05, 0.1) is 18.8 Å². The molecule has 0 aromatic heterocycles. The van der Waals surface area contributed by atoms with Crippen LogP contribution in [0.3, 0.4) is 0 Å². The van der Waals surface area contributed by atoms with Crippen LogP contribution in [0.5, 0.6) is 0 Å². The van der Waals surface area contributed by atoms with Crippen molar-refractivity contribution >= 4 is 17.6 Å². The molecule has 1 aromatic carbocycles. The molecule has 8 heteroatoms. The van der Waals surface area contributed by atoms with Crippen molar-refractivity contribution in [1.82, 2.24) is 4.90 Å². The number of hydrogen-bond donors (Lipinski definition) is 4. The summed E-state index contributed by atoms with van der Waals surface area (Å²) in [4.78, 5) is 24.2. The number of rotatable bonds is 8. The van der Waals surface area contributed by atoms with Crippen LogP contribution in [0.2, 0.25) is 0 Å². The molecule has 4 N–H and O–H groups in total. The third-order valence-electron chi connectivity index (χ3n) is 2.87. The van der Waals surface area contributed by atoms with E-state index < -0.39 is 11.9 Å². The number of aliphatic hydroxyl groups excluding tert-OH is 2. The van der Waals surface area contributed by atoms with Gasteiger partial charge in [0, 0.05) is 25.0 Å². The van der Waals surface area contributed by atoms with E-state index in [1.807, 2.05) is 0 Å². The molecule has 0 bridgehead atoms. The summed E-state index contributed by atoms with van der Waals surface area (Å²) in [6.07, 6.45) is 1.16. The molecule has 0 fully saturated rings. The van der Waals surface area contributed by atoms with Crippen LogP contribution < -0.4 is 5.32 Å². The van der Waals surface area contributed by atoms with Crippen LogP contribution in [0.15, 0.2) is 36.0 Å². The lowest BCUT2D eigenvalue weighted by atomic mass is 10.2. The molecule has 1 amide bonds. The predicted octanol–water partition coefficient (Wildman–Crippen LogP) is 0.0174. The van der Waals surface area contributed by atoms with E-state index in [0.717, 1.165) is 11.1 Å². The largest absolute Gasteiger partial charge is 0.478 e. The second-order valence-corrected chi connectivity index (χ2v) is 4.44. The summed E-state index contributed by atoms with van der Waals surface area (Å²) in [5.41, 5.74) is 0.240. The van der Waals surface area contributed by atoms with Gasteiger partial charge in [-0.15, -0.1) is 0 Å². The van der Waals surface area contributed by atoms with E-state index in [1.54, 1.807) is 12.1 Å². The lowest BCUT2D eigenvalue weighted by Gasteiger charge is -2.20. The Morgan fingerprint density at radius 1 is 1.26 bits per heavy atom. The van der Waals surface area contributed by atoms with Crippen molar-refractivity contribution in [3.8, 4) is 6.07 Å². The van der Waals surface area contributed by atoms with Crippen molar-refractivity contribution in [2.24, 2.45) is 0 Å². The fourth-order valence-electron chi connectivity index (χ4n) is 1.77. The molecule has 0 saturated heterocycles. The fourth-order valence-corrected chi connectivity index (χ4v) is 1.77. The summed E-state index contributed by atoms with van der Waals surface area (Å²) in [6.45, 7) is -0.600. The molecule has 0 radical (unpaired) electrons. The fraction of sp³-hybridized carbons (Fsp3) is 0.267. The van der Waals surface area contributed by atoms with Crippen molar-refractivity contribution < 1.29 is 24.9 Å². The number of aliphatic hydroxyl groups is 2. The first-order chi connectivity index (χ1) is 11.0. The summed E-state index contributed by atoms with van der Waals surface area (Å²) in [7, 11) is 0. The van der Waals surface area contributed by atoms with Crippen LogP contribution in [0.4, 0.5) is 5.69 Å². The number of carboxylic acids is 1. The van der Waals surface area contributed by atoms with E-state index in [2.05, 4.69) is 5.32 Å². The zero-order valence-corrected chi connectivity index (χ0v) is 12.3. The van der Waals surface area contributed by atoms with E-state index in [1.165, 1.54) is 18.2 Å². The van der Waals surface area contributed by atoms with Gasteiger partial charge in [-0.2, -0.15) is 5.26 Å². The minimum absolute atomic E-state index is 0.00703. The zero-order valence-electron chi connectivity index (χ0n) is 12.3. The Bertz CT molecular complexity index is 630. The Balaban J connectivity index is 2.90. The number of nitrogens with one attached hydrogen (secondary N) is 1. The second-order valence-electron chi connectivity index (χ2n) is 4.44. The minimum Gasteiger partial charge on any atom is -0.478 e. The van der Waals surface area contributed by atoms with Gasteiger partial charge in [-0.25, -0.2) is 4.79 Å². The summed E-state index contributed by atoms with van der Waals surface area (Å²) < 4.78 is 0. The number of aromatic carboxylic acids is 1.